The number of anilines is 1. The van der Waals surface area contributed by atoms with Gasteiger partial charge in [-0.25, -0.2) is 9.18 Å². The van der Waals surface area contributed by atoms with Crippen LogP contribution in [0.1, 0.15) is 37.5 Å². The minimum absolute atomic E-state index is 0.0233. The van der Waals surface area contributed by atoms with Crippen LogP contribution in [0.5, 0.6) is 0 Å². The van der Waals surface area contributed by atoms with Crippen LogP contribution in [0.2, 0.25) is 0 Å². The molecule has 1 amide bonds. The number of fused-ring (bicyclic) bond motifs is 1. The Hall–Kier alpha value is -4.64. The average molecular weight is 471 g/mol. The van der Waals surface area contributed by atoms with Crippen molar-refractivity contribution in [1.29, 1.82) is 5.26 Å². The van der Waals surface area contributed by atoms with Crippen molar-refractivity contribution in [2.45, 2.75) is 13.2 Å². The first-order chi connectivity index (χ1) is 16.8. The maximum Gasteiger partial charge on any atom is 0.356 e. The summed E-state index contributed by atoms with van der Waals surface area (Å²) in [6.07, 6.45) is 0. The van der Waals surface area contributed by atoms with E-state index in [2.05, 4.69) is 6.07 Å². The molecule has 0 saturated carbocycles. The van der Waals surface area contributed by atoms with Crippen LogP contribution < -0.4 is 10.6 Å². The lowest BCUT2D eigenvalue weighted by molar-refractivity contribution is 0.0458. The molecule has 2 N–H and O–H groups in total. The van der Waals surface area contributed by atoms with Crippen LogP contribution in [0, 0.1) is 17.1 Å². The van der Waals surface area contributed by atoms with E-state index in [1.54, 1.807) is 28.8 Å². The summed E-state index contributed by atoms with van der Waals surface area (Å²) in [6, 6.07) is 20.3. The first kappa shape index (κ1) is 23.5. The minimum atomic E-state index is -0.868. The number of carbonyl (C=O) groups excluding carboxylic acids is 2. The number of ether oxygens (including phenoxy) is 1. The third kappa shape index (κ3) is 4.84. The van der Waals surface area contributed by atoms with Gasteiger partial charge in [-0.1, -0.05) is 24.3 Å². The van der Waals surface area contributed by atoms with Gasteiger partial charge in [-0.2, -0.15) is 5.26 Å². The smallest absolute Gasteiger partial charge is 0.356 e. The van der Waals surface area contributed by atoms with Gasteiger partial charge in [-0.15, -0.1) is 0 Å². The monoisotopic (exact) mass is 470 g/mol. The molecule has 0 aliphatic carbocycles. The van der Waals surface area contributed by atoms with Crippen molar-refractivity contribution >= 4 is 28.5 Å². The molecule has 7 nitrogen and oxygen atoms in total. The number of nitrogens with zero attached hydrogens (tertiary/aromatic N) is 3. The molecule has 0 radical (unpaired) electrons. The molecule has 0 spiro atoms. The number of benzene rings is 3. The Kier molecular flexibility index (Phi) is 6.51. The number of hydrogen-bond donors (Lipinski definition) is 1. The zero-order chi connectivity index (χ0) is 25.1. The van der Waals surface area contributed by atoms with E-state index in [-0.39, 0.29) is 29.8 Å². The van der Waals surface area contributed by atoms with Crippen molar-refractivity contribution in [3.8, 4) is 6.07 Å². The highest BCUT2D eigenvalue weighted by Gasteiger charge is 2.27. The molecule has 0 aliphatic rings. The van der Waals surface area contributed by atoms with Gasteiger partial charge in [-0.3, -0.25) is 4.79 Å². The lowest BCUT2D eigenvalue weighted by Gasteiger charge is -2.14. The number of aromatic nitrogens is 1. The minimum Gasteiger partial charge on any atom is -0.456 e. The summed E-state index contributed by atoms with van der Waals surface area (Å²) in [5.41, 5.74) is 8.85. The Balaban J connectivity index is 1.76. The molecule has 0 bridgehead atoms. The lowest BCUT2D eigenvalue weighted by Crippen LogP contribution is -2.20. The summed E-state index contributed by atoms with van der Waals surface area (Å²) in [4.78, 5) is 27.7. The number of primary amides is 1. The molecule has 3 aromatic carbocycles. The van der Waals surface area contributed by atoms with E-state index in [0.29, 0.717) is 11.1 Å². The molecule has 8 heteroatoms. The summed E-state index contributed by atoms with van der Waals surface area (Å²) < 4.78 is 21.2. The van der Waals surface area contributed by atoms with Gasteiger partial charge in [0.1, 0.15) is 18.1 Å². The van der Waals surface area contributed by atoms with Gasteiger partial charge in [-0.05, 0) is 53.6 Å². The van der Waals surface area contributed by atoms with Crippen molar-refractivity contribution in [3.63, 3.8) is 0 Å². The summed E-state index contributed by atoms with van der Waals surface area (Å²) in [5, 5.41) is 9.46. The van der Waals surface area contributed by atoms with Gasteiger partial charge in [0.15, 0.2) is 0 Å². The highest BCUT2D eigenvalue weighted by molar-refractivity contribution is 6.14. The third-order valence-corrected chi connectivity index (χ3v) is 5.68. The summed E-state index contributed by atoms with van der Waals surface area (Å²) in [7, 11) is 3.85. The Morgan fingerprint density at radius 1 is 1.06 bits per heavy atom. The fraction of sp³-hybridized carbons (Fsp3) is 0.148. The van der Waals surface area contributed by atoms with Crippen molar-refractivity contribution < 1.29 is 18.7 Å². The number of nitriles is 1. The standard InChI is InChI=1S/C27H23FN4O3/c1-31(2)21-9-6-17(7-10-21)16-35-27(34)25-24(26(30)33)22-13-20(28)8-11-23(22)32(25)15-19-5-3-4-18(12-19)14-29/h3-13H,15-16H2,1-2H3,(H2,30,33). The van der Waals surface area contributed by atoms with Crippen molar-refractivity contribution in [2.24, 2.45) is 5.73 Å². The molecular formula is C27H23FN4O3. The van der Waals surface area contributed by atoms with E-state index in [1.165, 1.54) is 18.2 Å². The predicted molar refractivity (Wildman–Crippen MR) is 131 cm³/mol. The molecule has 176 valence electrons. The van der Waals surface area contributed by atoms with Gasteiger partial charge in [0.05, 0.1) is 22.7 Å². The maximum atomic E-state index is 14.1. The van der Waals surface area contributed by atoms with E-state index in [1.807, 2.05) is 43.3 Å². The molecule has 4 rings (SSSR count). The van der Waals surface area contributed by atoms with Gasteiger partial charge >= 0.3 is 5.97 Å². The summed E-state index contributed by atoms with van der Waals surface area (Å²) >= 11 is 0. The fourth-order valence-electron chi connectivity index (χ4n) is 3.98. The number of amides is 1. The molecule has 0 unspecified atom stereocenters. The molecule has 35 heavy (non-hydrogen) atoms. The summed E-state index contributed by atoms with van der Waals surface area (Å²) in [5.74, 6) is -2.19. The number of hydrogen-bond acceptors (Lipinski definition) is 5. The highest BCUT2D eigenvalue weighted by Crippen LogP contribution is 2.29. The van der Waals surface area contributed by atoms with E-state index >= 15 is 0 Å². The topological polar surface area (TPSA) is 101 Å². The molecule has 0 fully saturated rings. The number of carbonyl (C=O) groups is 2. The maximum absolute atomic E-state index is 14.1. The molecule has 0 saturated heterocycles. The molecule has 1 heterocycles. The summed E-state index contributed by atoms with van der Waals surface area (Å²) in [6.45, 7) is 0.122. The van der Waals surface area contributed by atoms with Crippen molar-refractivity contribution in [1.82, 2.24) is 4.57 Å². The second-order valence-electron chi connectivity index (χ2n) is 8.28. The Labute approximate surface area is 201 Å². The van der Waals surface area contributed by atoms with Crippen LogP contribution in [-0.4, -0.2) is 30.5 Å². The van der Waals surface area contributed by atoms with E-state index in [9.17, 15) is 19.2 Å². The van der Waals surface area contributed by atoms with Crippen molar-refractivity contribution in [3.05, 3.63) is 100 Å². The van der Waals surface area contributed by atoms with Crippen LogP contribution in [0.3, 0.4) is 0 Å². The van der Waals surface area contributed by atoms with Gasteiger partial charge in [0, 0.05) is 31.7 Å². The number of esters is 1. The Morgan fingerprint density at radius 2 is 1.80 bits per heavy atom. The van der Waals surface area contributed by atoms with Crippen LogP contribution >= 0.6 is 0 Å². The number of halogens is 1. The van der Waals surface area contributed by atoms with Gasteiger partial charge in [0.2, 0.25) is 0 Å². The quantitative estimate of drug-likeness (QED) is 0.408. The fourth-order valence-corrected chi connectivity index (χ4v) is 3.98. The lowest BCUT2D eigenvalue weighted by atomic mass is 10.1. The zero-order valence-electron chi connectivity index (χ0n) is 19.3. The predicted octanol–water partition coefficient (Wildman–Crippen LogP) is 4.22. The van der Waals surface area contributed by atoms with Crippen LogP contribution in [-0.2, 0) is 17.9 Å². The second-order valence-corrected chi connectivity index (χ2v) is 8.28. The first-order valence-corrected chi connectivity index (χ1v) is 10.8. The third-order valence-electron chi connectivity index (χ3n) is 5.68. The molecular weight excluding hydrogens is 447 g/mol. The highest BCUT2D eigenvalue weighted by atomic mass is 19.1. The molecule has 0 atom stereocenters. The van der Waals surface area contributed by atoms with Gasteiger partial charge in [0.25, 0.3) is 5.91 Å². The first-order valence-electron chi connectivity index (χ1n) is 10.8. The van der Waals surface area contributed by atoms with Crippen LogP contribution in [0.4, 0.5) is 10.1 Å². The normalized spacial score (nSPS) is 10.7. The molecule has 1 aromatic heterocycles. The van der Waals surface area contributed by atoms with E-state index < -0.39 is 17.7 Å². The molecule has 0 aliphatic heterocycles. The average Bonchev–Trinajstić information content (AvgIpc) is 3.16. The van der Waals surface area contributed by atoms with E-state index in [0.717, 1.165) is 16.8 Å². The van der Waals surface area contributed by atoms with Gasteiger partial charge < -0.3 is 19.9 Å². The number of nitrogens with two attached hydrogens (primary N) is 1. The number of rotatable bonds is 7. The van der Waals surface area contributed by atoms with Crippen molar-refractivity contribution in [2.75, 3.05) is 19.0 Å². The molecule has 4 aromatic rings. The Morgan fingerprint density at radius 3 is 2.46 bits per heavy atom. The second kappa shape index (κ2) is 9.69. The Bertz CT molecular complexity index is 1470. The zero-order valence-corrected chi connectivity index (χ0v) is 19.3. The van der Waals surface area contributed by atoms with Crippen LogP contribution in [0.25, 0.3) is 10.9 Å². The van der Waals surface area contributed by atoms with Crippen LogP contribution in [0.15, 0.2) is 66.7 Å². The van der Waals surface area contributed by atoms with E-state index in [4.69, 9.17) is 10.5 Å². The SMILES string of the molecule is CN(C)c1ccc(COC(=O)c2c(C(N)=O)c3cc(F)ccc3n2Cc2cccc(C#N)c2)cc1. The largest absolute Gasteiger partial charge is 0.456 e.